The summed E-state index contributed by atoms with van der Waals surface area (Å²) in [6, 6.07) is 9.00. The lowest BCUT2D eigenvalue weighted by atomic mass is 10.1. The Hall–Kier alpha value is -2.43. The van der Waals surface area contributed by atoms with Crippen LogP contribution in [-0.4, -0.2) is 5.84 Å². The first-order chi connectivity index (χ1) is 9.52. The number of nitrogen functional groups attached to an aromatic ring is 1. The molecule has 0 atom stereocenters. The van der Waals surface area contributed by atoms with Gasteiger partial charge in [0.2, 0.25) is 0 Å². The van der Waals surface area contributed by atoms with Crippen LogP contribution in [0, 0.1) is 17.0 Å². The van der Waals surface area contributed by atoms with Crippen molar-refractivity contribution >= 4 is 5.84 Å². The van der Waals surface area contributed by atoms with Crippen molar-refractivity contribution in [2.45, 2.75) is 13.3 Å². The molecule has 0 aromatic heterocycles. The van der Waals surface area contributed by atoms with E-state index >= 15 is 0 Å². The first-order valence-electron chi connectivity index (χ1n) is 6.12. The van der Waals surface area contributed by atoms with Crippen molar-refractivity contribution in [1.82, 2.24) is 0 Å². The Labute approximate surface area is 115 Å². The molecular weight excluding hydrogens is 262 g/mol. The van der Waals surface area contributed by atoms with E-state index in [4.69, 9.17) is 15.9 Å². The molecule has 2 rings (SSSR count). The van der Waals surface area contributed by atoms with Crippen LogP contribution in [0.3, 0.4) is 0 Å². The summed E-state index contributed by atoms with van der Waals surface area (Å²) in [6.45, 7) is 1.92. The topological polar surface area (TPSA) is 59.1 Å². The molecule has 0 spiro atoms. The zero-order chi connectivity index (χ0) is 14.7. The van der Waals surface area contributed by atoms with Crippen LogP contribution in [-0.2, 0) is 6.42 Å². The Bertz CT molecular complexity index is 633. The third-order valence-corrected chi connectivity index (χ3v) is 2.87. The molecule has 104 valence electrons. The lowest BCUT2D eigenvalue weighted by molar-refractivity contribution is 0.404. The molecule has 3 N–H and O–H groups in total. The normalized spacial score (nSPS) is 10.3. The van der Waals surface area contributed by atoms with Gasteiger partial charge in [0.15, 0.2) is 17.4 Å². The minimum atomic E-state index is -0.888. The largest absolute Gasteiger partial charge is 0.451 e. The van der Waals surface area contributed by atoms with Gasteiger partial charge in [-0.25, -0.2) is 8.78 Å². The lowest BCUT2D eigenvalue weighted by Crippen LogP contribution is -2.12. The van der Waals surface area contributed by atoms with Crippen LogP contribution in [0.2, 0.25) is 0 Å². The molecule has 0 fully saturated rings. The maximum absolute atomic E-state index is 13.9. The minimum absolute atomic E-state index is 0.0175. The fourth-order valence-corrected chi connectivity index (χ4v) is 1.82. The number of aryl methyl sites for hydroxylation is 1. The van der Waals surface area contributed by atoms with Gasteiger partial charge in [0.1, 0.15) is 11.6 Å². The zero-order valence-corrected chi connectivity index (χ0v) is 10.9. The molecule has 20 heavy (non-hydrogen) atoms. The lowest BCUT2D eigenvalue weighted by Gasteiger charge is -2.12. The van der Waals surface area contributed by atoms with Crippen molar-refractivity contribution in [3.63, 3.8) is 0 Å². The number of nitrogens with two attached hydrogens (primary N) is 1. The molecule has 0 unspecified atom stereocenters. The highest BCUT2D eigenvalue weighted by Gasteiger charge is 2.15. The molecule has 0 heterocycles. The van der Waals surface area contributed by atoms with Gasteiger partial charge >= 0.3 is 0 Å². The van der Waals surface area contributed by atoms with E-state index in [9.17, 15) is 8.78 Å². The summed E-state index contributed by atoms with van der Waals surface area (Å²) in [5.74, 6) is -2.26. The Balaban J connectivity index is 2.41. The average Bonchev–Trinajstić information content (AvgIpc) is 2.42. The summed E-state index contributed by atoms with van der Waals surface area (Å²) < 4.78 is 33.1. The van der Waals surface area contributed by atoms with Crippen LogP contribution < -0.4 is 10.5 Å². The fourth-order valence-electron chi connectivity index (χ4n) is 1.82. The van der Waals surface area contributed by atoms with Crippen molar-refractivity contribution in [1.29, 1.82) is 5.41 Å². The van der Waals surface area contributed by atoms with E-state index < -0.39 is 23.2 Å². The third kappa shape index (κ3) is 2.77. The van der Waals surface area contributed by atoms with Crippen LogP contribution in [0.1, 0.15) is 18.1 Å². The van der Waals surface area contributed by atoms with Gasteiger partial charge in [0, 0.05) is 5.56 Å². The summed E-state index contributed by atoms with van der Waals surface area (Å²) in [7, 11) is 0. The minimum Gasteiger partial charge on any atom is -0.451 e. The molecule has 0 aliphatic heterocycles. The molecule has 0 saturated heterocycles. The molecule has 0 amide bonds. The van der Waals surface area contributed by atoms with Gasteiger partial charge in [-0.2, -0.15) is 0 Å². The van der Waals surface area contributed by atoms with Crippen LogP contribution in [0.5, 0.6) is 11.5 Å². The van der Waals surface area contributed by atoms with Crippen molar-refractivity contribution in [2.24, 2.45) is 5.73 Å². The van der Waals surface area contributed by atoms with Crippen molar-refractivity contribution in [2.75, 3.05) is 0 Å². The Kier molecular flexibility index (Phi) is 3.98. The molecule has 0 radical (unpaired) electrons. The Morgan fingerprint density at radius 3 is 2.35 bits per heavy atom. The van der Waals surface area contributed by atoms with Gasteiger partial charge < -0.3 is 10.5 Å². The second-order valence-corrected chi connectivity index (χ2v) is 4.25. The number of amidine groups is 1. The van der Waals surface area contributed by atoms with Crippen molar-refractivity contribution in [3.05, 3.63) is 59.2 Å². The predicted octanol–water partition coefficient (Wildman–Crippen LogP) is 3.60. The number of benzene rings is 2. The van der Waals surface area contributed by atoms with Crippen LogP contribution in [0.15, 0.2) is 36.4 Å². The highest BCUT2D eigenvalue weighted by molar-refractivity contribution is 5.95. The number of rotatable bonds is 4. The SMILES string of the molecule is CCc1ccccc1Oc1c(F)cc(C(=N)N)cc1F. The zero-order valence-electron chi connectivity index (χ0n) is 10.9. The van der Waals surface area contributed by atoms with E-state index in [1.165, 1.54) is 0 Å². The van der Waals surface area contributed by atoms with Crippen LogP contribution in [0.4, 0.5) is 8.78 Å². The summed E-state index contributed by atoms with van der Waals surface area (Å²) in [5, 5.41) is 7.19. The molecule has 0 bridgehead atoms. The molecule has 0 saturated carbocycles. The first kappa shape index (κ1) is 14.0. The number of halogens is 2. The number of ether oxygens (including phenoxy) is 1. The summed E-state index contributed by atoms with van der Waals surface area (Å²) in [6.07, 6.45) is 0.685. The van der Waals surface area contributed by atoms with Gasteiger partial charge in [0.25, 0.3) is 0 Å². The maximum atomic E-state index is 13.9. The van der Waals surface area contributed by atoms with E-state index in [0.717, 1.165) is 17.7 Å². The van der Waals surface area contributed by atoms with E-state index in [-0.39, 0.29) is 5.56 Å². The van der Waals surface area contributed by atoms with Gasteiger partial charge in [0.05, 0.1) is 0 Å². The van der Waals surface area contributed by atoms with E-state index in [0.29, 0.717) is 12.2 Å². The number of para-hydroxylation sites is 1. The predicted molar refractivity (Wildman–Crippen MR) is 73.3 cm³/mol. The quantitative estimate of drug-likeness (QED) is 0.662. The average molecular weight is 276 g/mol. The fraction of sp³-hybridized carbons (Fsp3) is 0.133. The molecular formula is C15H14F2N2O. The molecule has 2 aromatic rings. The number of hydrogen-bond acceptors (Lipinski definition) is 2. The molecule has 2 aromatic carbocycles. The van der Waals surface area contributed by atoms with E-state index in [1.807, 2.05) is 19.1 Å². The third-order valence-electron chi connectivity index (χ3n) is 2.87. The van der Waals surface area contributed by atoms with E-state index in [2.05, 4.69) is 0 Å². The Morgan fingerprint density at radius 1 is 1.20 bits per heavy atom. The summed E-state index contributed by atoms with van der Waals surface area (Å²) in [4.78, 5) is 0. The second kappa shape index (κ2) is 5.69. The van der Waals surface area contributed by atoms with Gasteiger partial charge in [-0.05, 0) is 30.2 Å². The maximum Gasteiger partial charge on any atom is 0.198 e. The monoisotopic (exact) mass is 276 g/mol. The number of hydrogen-bond donors (Lipinski definition) is 2. The molecule has 0 aliphatic rings. The summed E-state index contributed by atoms with van der Waals surface area (Å²) >= 11 is 0. The summed E-state index contributed by atoms with van der Waals surface area (Å²) in [5.41, 5.74) is 6.04. The Morgan fingerprint density at radius 2 is 1.80 bits per heavy atom. The van der Waals surface area contributed by atoms with Crippen LogP contribution >= 0.6 is 0 Å². The van der Waals surface area contributed by atoms with Crippen molar-refractivity contribution in [3.8, 4) is 11.5 Å². The standard InChI is InChI=1S/C15H14F2N2O/c1-2-9-5-3-4-6-13(9)20-14-11(16)7-10(15(18)19)8-12(14)17/h3-8H,2H2,1H3,(H3,18,19). The van der Waals surface area contributed by atoms with Crippen molar-refractivity contribution < 1.29 is 13.5 Å². The first-order valence-corrected chi connectivity index (χ1v) is 6.12. The highest BCUT2D eigenvalue weighted by Crippen LogP contribution is 2.30. The van der Waals surface area contributed by atoms with Gasteiger partial charge in [-0.1, -0.05) is 25.1 Å². The smallest absolute Gasteiger partial charge is 0.198 e. The molecule has 5 heteroatoms. The van der Waals surface area contributed by atoms with Gasteiger partial charge in [-0.15, -0.1) is 0 Å². The molecule has 0 aliphatic carbocycles. The highest BCUT2D eigenvalue weighted by atomic mass is 19.1. The van der Waals surface area contributed by atoms with E-state index in [1.54, 1.807) is 12.1 Å². The molecule has 3 nitrogen and oxygen atoms in total. The van der Waals surface area contributed by atoms with Gasteiger partial charge in [-0.3, -0.25) is 5.41 Å². The van der Waals surface area contributed by atoms with Crippen LogP contribution in [0.25, 0.3) is 0 Å². The second-order valence-electron chi connectivity index (χ2n) is 4.25. The number of nitrogens with one attached hydrogen (secondary N) is 1.